The molecule has 1 aliphatic carbocycles. The minimum atomic E-state index is -0.227. The smallest absolute Gasteiger partial charge is 0.0791 e. The van der Waals surface area contributed by atoms with Crippen LogP contribution in [0.2, 0.25) is 0 Å². The van der Waals surface area contributed by atoms with E-state index in [9.17, 15) is 5.11 Å². The summed E-state index contributed by atoms with van der Waals surface area (Å²) in [6.45, 7) is 4.69. The van der Waals surface area contributed by atoms with Crippen molar-refractivity contribution in [2.75, 3.05) is 26.7 Å². The SMILES string of the molecule is CCCNCC(O)CN(C)C1CCCCCC1. The molecule has 0 bridgehead atoms. The zero-order chi connectivity index (χ0) is 12.5. The summed E-state index contributed by atoms with van der Waals surface area (Å²) >= 11 is 0. The number of aliphatic hydroxyl groups excluding tert-OH is 1. The Morgan fingerprint density at radius 2 is 1.88 bits per heavy atom. The molecule has 0 spiro atoms. The van der Waals surface area contributed by atoms with E-state index in [0.29, 0.717) is 6.04 Å². The molecule has 0 heterocycles. The quantitative estimate of drug-likeness (QED) is 0.529. The fourth-order valence-corrected chi connectivity index (χ4v) is 2.69. The van der Waals surface area contributed by atoms with E-state index >= 15 is 0 Å². The van der Waals surface area contributed by atoms with Gasteiger partial charge in [0.1, 0.15) is 0 Å². The molecule has 0 amide bonds. The Hall–Kier alpha value is -0.120. The fraction of sp³-hybridized carbons (Fsp3) is 1.00. The van der Waals surface area contributed by atoms with Crippen LogP contribution >= 0.6 is 0 Å². The van der Waals surface area contributed by atoms with E-state index in [1.807, 2.05) is 0 Å². The van der Waals surface area contributed by atoms with Crippen LogP contribution in [-0.4, -0.2) is 48.8 Å². The maximum Gasteiger partial charge on any atom is 0.0791 e. The molecule has 0 aromatic carbocycles. The molecule has 0 aliphatic heterocycles. The van der Waals surface area contributed by atoms with Gasteiger partial charge in [0.25, 0.3) is 0 Å². The van der Waals surface area contributed by atoms with Crippen molar-refractivity contribution >= 4 is 0 Å². The standard InChI is InChI=1S/C14H30N2O/c1-3-10-15-11-14(17)12-16(2)13-8-6-4-5-7-9-13/h13-15,17H,3-12H2,1-2H3. The summed E-state index contributed by atoms with van der Waals surface area (Å²) in [5.41, 5.74) is 0. The van der Waals surface area contributed by atoms with Crippen LogP contribution in [0.4, 0.5) is 0 Å². The maximum atomic E-state index is 9.94. The summed E-state index contributed by atoms with van der Waals surface area (Å²) in [4.78, 5) is 2.36. The van der Waals surface area contributed by atoms with Gasteiger partial charge < -0.3 is 15.3 Å². The summed E-state index contributed by atoms with van der Waals surface area (Å²) in [7, 11) is 2.17. The van der Waals surface area contributed by atoms with E-state index in [2.05, 4.69) is 24.2 Å². The molecule has 3 nitrogen and oxygen atoms in total. The predicted octanol–water partition coefficient (Wildman–Crippen LogP) is 2.00. The monoisotopic (exact) mass is 242 g/mol. The summed E-state index contributed by atoms with van der Waals surface area (Å²) in [5, 5.41) is 13.2. The number of likely N-dealkylation sites (N-methyl/N-ethyl adjacent to an activating group) is 1. The Labute approximate surface area is 107 Å². The molecular formula is C14H30N2O. The summed E-state index contributed by atoms with van der Waals surface area (Å²) in [6, 6.07) is 0.693. The molecular weight excluding hydrogens is 212 g/mol. The first kappa shape index (κ1) is 14.9. The van der Waals surface area contributed by atoms with Crippen molar-refractivity contribution in [3.05, 3.63) is 0 Å². The van der Waals surface area contributed by atoms with Gasteiger partial charge in [0, 0.05) is 19.1 Å². The van der Waals surface area contributed by atoms with Crippen molar-refractivity contribution in [2.24, 2.45) is 0 Å². The largest absolute Gasteiger partial charge is 0.390 e. The van der Waals surface area contributed by atoms with Crippen LogP contribution in [0.1, 0.15) is 51.9 Å². The van der Waals surface area contributed by atoms with Gasteiger partial charge in [0.15, 0.2) is 0 Å². The molecule has 1 saturated carbocycles. The topological polar surface area (TPSA) is 35.5 Å². The Kier molecular flexibility index (Phi) is 7.82. The van der Waals surface area contributed by atoms with Crippen molar-refractivity contribution < 1.29 is 5.11 Å². The van der Waals surface area contributed by atoms with Gasteiger partial charge in [-0.2, -0.15) is 0 Å². The molecule has 1 rings (SSSR count). The number of nitrogens with one attached hydrogen (secondary N) is 1. The van der Waals surface area contributed by atoms with Gasteiger partial charge in [-0.15, -0.1) is 0 Å². The molecule has 0 aromatic heterocycles. The Balaban J connectivity index is 2.19. The summed E-state index contributed by atoms with van der Waals surface area (Å²) < 4.78 is 0. The summed E-state index contributed by atoms with van der Waals surface area (Å²) in [6.07, 6.45) is 9.03. The van der Waals surface area contributed by atoms with E-state index in [1.165, 1.54) is 38.5 Å². The minimum absolute atomic E-state index is 0.227. The van der Waals surface area contributed by atoms with Gasteiger partial charge >= 0.3 is 0 Å². The first-order chi connectivity index (χ1) is 8.24. The number of aliphatic hydroxyl groups is 1. The number of hydrogen-bond acceptors (Lipinski definition) is 3. The van der Waals surface area contributed by atoms with E-state index in [-0.39, 0.29) is 6.10 Å². The lowest BCUT2D eigenvalue weighted by molar-refractivity contribution is 0.0981. The van der Waals surface area contributed by atoms with Crippen LogP contribution in [0.25, 0.3) is 0 Å². The van der Waals surface area contributed by atoms with Crippen LogP contribution in [0.15, 0.2) is 0 Å². The molecule has 1 unspecified atom stereocenters. The normalized spacial score (nSPS) is 20.5. The zero-order valence-electron chi connectivity index (χ0n) is 11.6. The Bertz CT molecular complexity index is 179. The van der Waals surface area contributed by atoms with Crippen LogP contribution in [0, 0.1) is 0 Å². The number of rotatable bonds is 7. The molecule has 0 saturated heterocycles. The first-order valence-electron chi connectivity index (χ1n) is 7.33. The van der Waals surface area contributed by atoms with E-state index in [1.54, 1.807) is 0 Å². The second-order valence-electron chi connectivity index (χ2n) is 5.44. The Morgan fingerprint density at radius 3 is 2.47 bits per heavy atom. The van der Waals surface area contributed by atoms with Crippen LogP contribution in [-0.2, 0) is 0 Å². The van der Waals surface area contributed by atoms with Crippen LogP contribution in [0.3, 0.4) is 0 Å². The second-order valence-corrected chi connectivity index (χ2v) is 5.44. The number of nitrogens with zero attached hydrogens (tertiary/aromatic N) is 1. The zero-order valence-corrected chi connectivity index (χ0v) is 11.6. The third-order valence-electron chi connectivity index (χ3n) is 3.75. The lowest BCUT2D eigenvalue weighted by Gasteiger charge is -2.29. The lowest BCUT2D eigenvalue weighted by atomic mass is 10.1. The molecule has 1 aliphatic rings. The Morgan fingerprint density at radius 1 is 1.24 bits per heavy atom. The average molecular weight is 242 g/mol. The molecule has 0 radical (unpaired) electrons. The molecule has 0 aromatic rings. The van der Waals surface area contributed by atoms with E-state index < -0.39 is 0 Å². The molecule has 17 heavy (non-hydrogen) atoms. The van der Waals surface area contributed by atoms with Crippen molar-refractivity contribution in [1.82, 2.24) is 10.2 Å². The molecule has 1 fully saturated rings. The highest BCUT2D eigenvalue weighted by molar-refractivity contribution is 4.75. The number of hydrogen-bond donors (Lipinski definition) is 2. The van der Waals surface area contributed by atoms with Gasteiger partial charge in [-0.3, -0.25) is 0 Å². The van der Waals surface area contributed by atoms with Gasteiger partial charge in [-0.25, -0.2) is 0 Å². The molecule has 3 heteroatoms. The molecule has 1 atom stereocenters. The highest BCUT2D eigenvalue weighted by atomic mass is 16.3. The van der Waals surface area contributed by atoms with Gasteiger partial charge in [-0.1, -0.05) is 32.6 Å². The van der Waals surface area contributed by atoms with Crippen molar-refractivity contribution in [1.29, 1.82) is 0 Å². The van der Waals surface area contributed by atoms with Gasteiger partial charge in [-0.05, 0) is 32.9 Å². The molecule has 102 valence electrons. The fourth-order valence-electron chi connectivity index (χ4n) is 2.69. The van der Waals surface area contributed by atoms with E-state index in [4.69, 9.17) is 0 Å². The van der Waals surface area contributed by atoms with Crippen molar-refractivity contribution in [3.63, 3.8) is 0 Å². The first-order valence-corrected chi connectivity index (χ1v) is 7.33. The molecule has 2 N–H and O–H groups in total. The minimum Gasteiger partial charge on any atom is -0.390 e. The predicted molar refractivity (Wildman–Crippen MR) is 73.3 cm³/mol. The van der Waals surface area contributed by atoms with Crippen molar-refractivity contribution in [3.8, 4) is 0 Å². The second kappa shape index (κ2) is 8.90. The van der Waals surface area contributed by atoms with Gasteiger partial charge in [0.05, 0.1) is 6.10 Å². The lowest BCUT2D eigenvalue weighted by Crippen LogP contribution is -2.41. The van der Waals surface area contributed by atoms with E-state index in [0.717, 1.165) is 26.1 Å². The third kappa shape index (κ3) is 6.39. The average Bonchev–Trinajstić information content (AvgIpc) is 2.57. The van der Waals surface area contributed by atoms with Gasteiger partial charge in [0.2, 0.25) is 0 Å². The highest BCUT2D eigenvalue weighted by Gasteiger charge is 2.18. The third-order valence-corrected chi connectivity index (χ3v) is 3.75. The summed E-state index contributed by atoms with van der Waals surface area (Å²) in [5.74, 6) is 0. The highest BCUT2D eigenvalue weighted by Crippen LogP contribution is 2.20. The van der Waals surface area contributed by atoms with Crippen molar-refractivity contribution in [2.45, 2.75) is 64.0 Å². The van der Waals surface area contributed by atoms with Crippen LogP contribution in [0.5, 0.6) is 0 Å². The van der Waals surface area contributed by atoms with Crippen LogP contribution < -0.4 is 5.32 Å². The maximum absolute atomic E-state index is 9.94.